The van der Waals surface area contributed by atoms with Gasteiger partial charge in [-0.3, -0.25) is 19.2 Å². The lowest BCUT2D eigenvalue weighted by Crippen LogP contribution is -2.63. The number of carbonyl (C=O) groups is 4. The van der Waals surface area contributed by atoms with Crippen LogP contribution in [-0.4, -0.2) is 84.2 Å². The second kappa shape index (κ2) is 16.8. The van der Waals surface area contributed by atoms with Crippen LogP contribution in [0.1, 0.15) is 44.1 Å². The Morgan fingerprint density at radius 3 is 2.36 bits per heavy atom. The van der Waals surface area contributed by atoms with E-state index in [9.17, 15) is 24.7 Å². The monoisotopic (exact) mass is 654 g/mol. The van der Waals surface area contributed by atoms with Gasteiger partial charge in [0.25, 0.3) is 0 Å². The molecule has 0 spiro atoms. The fourth-order valence-corrected chi connectivity index (χ4v) is 5.11. The molecule has 3 amide bonds. The zero-order valence-corrected chi connectivity index (χ0v) is 25.8. The van der Waals surface area contributed by atoms with Gasteiger partial charge in [0.2, 0.25) is 17.7 Å². The first-order valence-electron chi connectivity index (χ1n) is 15.0. The molecule has 252 valence electrons. The molecule has 2 fully saturated rings. The predicted molar refractivity (Wildman–Crippen MR) is 163 cm³/mol. The molecule has 2 aromatic rings. The lowest BCUT2D eigenvalue weighted by atomic mass is 9.95. The molecule has 0 bridgehead atoms. The van der Waals surface area contributed by atoms with E-state index < -0.39 is 85.2 Å². The van der Waals surface area contributed by atoms with Crippen LogP contribution in [0.15, 0.2) is 65.8 Å². The second-order valence-electron chi connectivity index (χ2n) is 11.1. The maximum atomic E-state index is 13.3. The first kappa shape index (κ1) is 35.3. The number of fused-ring (bicyclic) bond motifs is 1. The van der Waals surface area contributed by atoms with Gasteiger partial charge in [0.1, 0.15) is 42.5 Å². The van der Waals surface area contributed by atoms with Crippen LogP contribution in [0.2, 0.25) is 0 Å². The number of carbonyl (C=O) groups excluding carboxylic acids is 3. The number of nitrogens with zero attached hydrogens (tertiary/aromatic N) is 3. The lowest BCUT2D eigenvalue weighted by Gasteiger charge is -2.48. The molecule has 5 N–H and O–H groups in total. The van der Waals surface area contributed by atoms with E-state index in [2.05, 4.69) is 20.7 Å². The van der Waals surface area contributed by atoms with Crippen molar-refractivity contribution in [3.05, 3.63) is 82.2 Å². The van der Waals surface area contributed by atoms with Crippen LogP contribution in [0.3, 0.4) is 0 Å². The summed E-state index contributed by atoms with van der Waals surface area (Å²) >= 11 is 0. The van der Waals surface area contributed by atoms with Gasteiger partial charge >= 0.3 is 5.97 Å². The van der Waals surface area contributed by atoms with Gasteiger partial charge < -0.3 is 45.2 Å². The maximum absolute atomic E-state index is 13.3. The molecule has 2 saturated heterocycles. The number of nitrogens with two attached hydrogens (primary N) is 1. The molecule has 4 rings (SSSR count). The van der Waals surface area contributed by atoms with Crippen LogP contribution < -0.4 is 16.4 Å². The lowest BCUT2D eigenvalue weighted by molar-refractivity contribution is -0.349. The Morgan fingerprint density at radius 2 is 1.72 bits per heavy atom. The number of amides is 3. The van der Waals surface area contributed by atoms with Gasteiger partial charge in [0.05, 0.1) is 13.2 Å². The van der Waals surface area contributed by atoms with Gasteiger partial charge in [-0.05, 0) is 31.4 Å². The number of ether oxygens (including phenoxy) is 5. The largest absolute Gasteiger partial charge is 0.481 e. The van der Waals surface area contributed by atoms with Crippen molar-refractivity contribution in [3.63, 3.8) is 0 Å². The zero-order valence-electron chi connectivity index (χ0n) is 25.8. The molecule has 2 aliphatic heterocycles. The summed E-state index contributed by atoms with van der Waals surface area (Å²) in [7, 11) is 0. The van der Waals surface area contributed by atoms with Crippen LogP contribution in [0.5, 0.6) is 0 Å². The van der Waals surface area contributed by atoms with E-state index in [0.717, 1.165) is 11.1 Å². The molecule has 0 aliphatic carbocycles. The number of azide groups is 1. The Labute approximate surface area is 270 Å². The van der Waals surface area contributed by atoms with Gasteiger partial charge in [-0.1, -0.05) is 65.8 Å². The molecule has 0 aromatic heterocycles. The Kier molecular flexibility index (Phi) is 12.6. The van der Waals surface area contributed by atoms with Crippen LogP contribution in [0.4, 0.5) is 0 Å². The standard InChI is InChI=1S/C31H38N6O10/c1-17(28(41)35-21(27(32)40)13-14-23(38)39)34-29(42)18(2)45-26-24(36-37-33)31(43-15-19-9-5-3-6-10-19)46-22-16-44-30(47-25(22)26)20-11-7-4-8-12-20/h3-12,17-18,21-22,24-26,30-31H,13-16H2,1-2H3,(H2,32,40)(H,34,42)(H,35,41)(H,38,39)/t17-,18+,21?,22+,24+,25+,26+,30-,31+/m0/s1. The number of primary amides is 1. The number of nitrogens with one attached hydrogen (secondary N) is 2. The van der Waals surface area contributed by atoms with Gasteiger partial charge in [-0.15, -0.1) is 0 Å². The molecule has 9 atom stereocenters. The Morgan fingerprint density at radius 1 is 1.04 bits per heavy atom. The maximum Gasteiger partial charge on any atom is 0.303 e. The zero-order chi connectivity index (χ0) is 33.9. The molecular formula is C31H38N6O10. The van der Waals surface area contributed by atoms with Crippen LogP contribution in [-0.2, 0) is 49.5 Å². The summed E-state index contributed by atoms with van der Waals surface area (Å²) in [4.78, 5) is 51.6. The van der Waals surface area contributed by atoms with Crippen molar-refractivity contribution >= 4 is 23.7 Å². The summed E-state index contributed by atoms with van der Waals surface area (Å²) in [6, 6.07) is 15.0. The summed E-state index contributed by atoms with van der Waals surface area (Å²) in [6.07, 6.45) is -6.34. The van der Waals surface area contributed by atoms with Crippen LogP contribution in [0.25, 0.3) is 10.4 Å². The minimum atomic E-state index is -1.24. The summed E-state index contributed by atoms with van der Waals surface area (Å²) in [5.74, 6) is -3.54. The third-order valence-electron chi connectivity index (χ3n) is 7.61. The van der Waals surface area contributed by atoms with Gasteiger partial charge in [-0.2, -0.15) is 0 Å². The van der Waals surface area contributed by atoms with E-state index in [1.54, 1.807) is 0 Å². The van der Waals surface area contributed by atoms with Crippen LogP contribution >= 0.6 is 0 Å². The molecule has 2 aliphatic rings. The second-order valence-corrected chi connectivity index (χ2v) is 11.1. The van der Waals surface area contributed by atoms with E-state index >= 15 is 0 Å². The third-order valence-corrected chi connectivity index (χ3v) is 7.61. The molecule has 1 unspecified atom stereocenters. The van der Waals surface area contributed by atoms with E-state index in [1.165, 1.54) is 13.8 Å². The van der Waals surface area contributed by atoms with Crippen molar-refractivity contribution in [1.82, 2.24) is 10.6 Å². The molecular weight excluding hydrogens is 616 g/mol. The SMILES string of the molecule is C[C@H](NC(=O)[C@@H](C)O[C@@H]1[C@@H](N=[N+]=[N-])[C@H](OCc2ccccc2)O[C@@H]2CO[C@H](c3ccccc3)O[C@@H]12)C(=O)NC(CCC(=O)O)C(N)=O. The summed E-state index contributed by atoms with van der Waals surface area (Å²) < 4.78 is 30.7. The molecule has 16 heteroatoms. The molecule has 2 heterocycles. The van der Waals surface area contributed by atoms with E-state index in [-0.39, 0.29) is 19.6 Å². The topological polar surface area (TPSA) is 234 Å². The molecule has 47 heavy (non-hydrogen) atoms. The highest BCUT2D eigenvalue weighted by Gasteiger charge is 2.52. The highest BCUT2D eigenvalue weighted by Crippen LogP contribution is 2.37. The van der Waals surface area contributed by atoms with E-state index in [0.29, 0.717) is 0 Å². The van der Waals surface area contributed by atoms with Crippen molar-refractivity contribution in [2.45, 2.75) is 88.4 Å². The van der Waals surface area contributed by atoms with E-state index in [1.807, 2.05) is 60.7 Å². The van der Waals surface area contributed by atoms with Crippen molar-refractivity contribution in [2.24, 2.45) is 10.8 Å². The quantitative estimate of drug-likeness (QED) is 0.124. The van der Waals surface area contributed by atoms with Crippen molar-refractivity contribution in [3.8, 4) is 0 Å². The number of aliphatic carboxylic acids is 1. The number of rotatable bonds is 15. The highest BCUT2D eigenvalue weighted by molar-refractivity contribution is 5.92. The Bertz CT molecular complexity index is 1430. The number of hydrogen-bond acceptors (Lipinski definition) is 10. The van der Waals surface area contributed by atoms with Crippen molar-refractivity contribution < 1.29 is 48.0 Å². The molecule has 0 saturated carbocycles. The highest BCUT2D eigenvalue weighted by atomic mass is 16.8. The van der Waals surface area contributed by atoms with Gasteiger partial charge in [0, 0.05) is 16.9 Å². The predicted octanol–water partition coefficient (Wildman–Crippen LogP) is 1.83. The fraction of sp³-hybridized carbons (Fsp3) is 0.484. The number of hydrogen-bond donors (Lipinski definition) is 4. The number of benzene rings is 2. The summed E-state index contributed by atoms with van der Waals surface area (Å²) in [5.41, 5.74) is 16.4. The third kappa shape index (κ3) is 9.71. The first-order valence-corrected chi connectivity index (χ1v) is 15.0. The Balaban J connectivity index is 1.50. The van der Waals surface area contributed by atoms with Gasteiger partial charge in [-0.25, -0.2) is 0 Å². The minimum absolute atomic E-state index is 0.0823. The smallest absolute Gasteiger partial charge is 0.303 e. The van der Waals surface area contributed by atoms with Crippen molar-refractivity contribution in [2.75, 3.05) is 6.61 Å². The summed E-state index contributed by atoms with van der Waals surface area (Å²) in [6.45, 7) is 3.04. The van der Waals surface area contributed by atoms with Crippen molar-refractivity contribution in [1.29, 1.82) is 0 Å². The number of carboxylic acids is 1. The first-order chi connectivity index (χ1) is 22.6. The minimum Gasteiger partial charge on any atom is -0.481 e. The van der Waals surface area contributed by atoms with Crippen LogP contribution in [0, 0.1) is 0 Å². The Hall–Kier alpha value is -4.57. The molecule has 16 nitrogen and oxygen atoms in total. The molecule has 2 aromatic carbocycles. The van der Waals surface area contributed by atoms with E-state index in [4.69, 9.17) is 34.5 Å². The number of carboxylic acid groups (broad SMARTS) is 1. The average Bonchev–Trinajstić information content (AvgIpc) is 3.07. The fourth-order valence-electron chi connectivity index (χ4n) is 5.11. The molecule has 0 radical (unpaired) electrons. The average molecular weight is 655 g/mol. The van der Waals surface area contributed by atoms with Gasteiger partial charge in [0.15, 0.2) is 12.6 Å². The normalized spacial score (nSPS) is 25.6. The summed E-state index contributed by atoms with van der Waals surface area (Å²) in [5, 5.41) is 17.7.